The number of carbonyl (C=O) groups is 1. The number of benzene rings is 1. The van der Waals surface area contributed by atoms with Crippen LogP contribution in [0, 0.1) is 11.7 Å². The Hall–Kier alpha value is -3.22. The van der Waals surface area contributed by atoms with E-state index in [1.807, 2.05) is 6.07 Å². The van der Waals surface area contributed by atoms with Crippen LogP contribution in [-0.2, 0) is 17.8 Å². The first-order valence-corrected chi connectivity index (χ1v) is 8.11. The van der Waals surface area contributed by atoms with Crippen molar-refractivity contribution in [3.8, 4) is 17.1 Å². The summed E-state index contributed by atoms with van der Waals surface area (Å²) in [7, 11) is 0. The summed E-state index contributed by atoms with van der Waals surface area (Å²) < 4.78 is 19.8. The third kappa shape index (κ3) is 4.24. The maximum Gasteiger partial charge on any atom is 0.306 e. The number of aromatic nitrogens is 3. The van der Waals surface area contributed by atoms with E-state index in [0.717, 1.165) is 11.4 Å². The van der Waals surface area contributed by atoms with Gasteiger partial charge in [-0.15, -0.1) is 0 Å². The van der Waals surface area contributed by atoms with E-state index in [2.05, 4.69) is 15.2 Å². The van der Waals surface area contributed by atoms with E-state index >= 15 is 0 Å². The van der Waals surface area contributed by atoms with Crippen LogP contribution in [0.2, 0.25) is 0 Å². The molecule has 0 fully saturated rings. The number of carboxylic acids is 1. The number of nitrogens with one attached hydrogen (secondary N) is 1. The summed E-state index contributed by atoms with van der Waals surface area (Å²) in [5, 5.41) is 15.6. The molecule has 1 aromatic carbocycles. The minimum absolute atomic E-state index is 0.0612. The van der Waals surface area contributed by atoms with E-state index in [1.54, 1.807) is 43.6 Å². The molecule has 0 amide bonds. The van der Waals surface area contributed by atoms with Crippen LogP contribution >= 0.6 is 0 Å². The standard InChI is InChI=1S/C19H18FN3O3/c1-12(19(24)25)8-13-2-3-14(16(20)9-13)11-26-15-4-5-17(21-10-15)18-6-7-22-23-18/h2-7,9-10,12H,8,11H2,1H3,(H,22,23)(H,24,25). The smallest absolute Gasteiger partial charge is 0.306 e. The highest BCUT2D eigenvalue weighted by Crippen LogP contribution is 2.19. The van der Waals surface area contributed by atoms with Crippen LogP contribution in [-0.4, -0.2) is 26.3 Å². The van der Waals surface area contributed by atoms with Gasteiger partial charge in [0, 0.05) is 11.8 Å². The van der Waals surface area contributed by atoms with Crippen molar-refractivity contribution in [3.05, 3.63) is 65.7 Å². The highest BCUT2D eigenvalue weighted by atomic mass is 19.1. The van der Waals surface area contributed by atoms with E-state index in [-0.39, 0.29) is 13.0 Å². The van der Waals surface area contributed by atoms with Gasteiger partial charge in [-0.3, -0.25) is 14.9 Å². The van der Waals surface area contributed by atoms with E-state index in [9.17, 15) is 9.18 Å². The van der Waals surface area contributed by atoms with E-state index in [0.29, 0.717) is 16.9 Å². The molecule has 2 N–H and O–H groups in total. The Morgan fingerprint density at radius 1 is 1.31 bits per heavy atom. The average Bonchev–Trinajstić information content (AvgIpc) is 3.16. The number of rotatable bonds is 7. The third-order valence-electron chi connectivity index (χ3n) is 3.99. The van der Waals surface area contributed by atoms with Crippen LogP contribution in [0.3, 0.4) is 0 Å². The SMILES string of the molecule is CC(Cc1ccc(COc2ccc(-c3ccn[nH]3)nc2)c(F)c1)C(=O)O. The minimum atomic E-state index is -0.899. The molecule has 0 aliphatic carbocycles. The van der Waals surface area contributed by atoms with Crippen molar-refractivity contribution < 1.29 is 19.0 Å². The fourth-order valence-electron chi connectivity index (χ4n) is 2.46. The van der Waals surface area contributed by atoms with Gasteiger partial charge in [-0.25, -0.2) is 4.39 Å². The minimum Gasteiger partial charge on any atom is -0.487 e. The fraction of sp³-hybridized carbons (Fsp3) is 0.211. The number of nitrogens with zero attached hydrogens (tertiary/aromatic N) is 2. The number of ether oxygens (including phenoxy) is 1. The van der Waals surface area contributed by atoms with Crippen molar-refractivity contribution in [1.82, 2.24) is 15.2 Å². The lowest BCUT2D eigenvalue weighted by Crippen LogP contribution is -2.12. The van der Waals surface area contributed by atoms with Crippen LogP contribution in [0.25, 0.3) is 11.4 Å². The van der Waals surface area contributed by atoms with Crippen molar-refractivity contribution in [1.29, 1.82) is 0 Å². The first-order chi connectivity index (χ1) is 12.5. The van der Waals surface area contributed by atoms with Crippen molar-refractivity contribution in [3.63, 3.8) is 0 Å². The Labute approximate surface area is 149 Å². The molecule has 7 heteroatoms. The lowest BCUT2D eigenvalue weighted by Gasteiger charge is -2.10. The van der Waals surface area contributed by atoms with E-state index in [1.165, 1.54) is 6.07 Å². The van der Waals surface area contributed by atoms with Gasteiger partial charge in [0.1, 0.15) is 18.2 Å². The number of hydrogen-bond donors (Lipinski definition) is 2. The number of aromatic amines is 1. The second kappa shape index (κ2) is 7.77. The molecule has 0 bridgehead atoms. The first kappa shape index (κ1) is 17.6. The summed E-state index contributed by atoms with van der Waals surface area (Å²) >= 11 is 0. The maximum atomic E-state index is 14.2. The Kier molecular flexibility index (Phi) is 5.26. The quantitative estimate of drug-likeness (QED) is 0.678. The lowest BCUT2D eigenvalue weighted by molar-refractivity contribution is -0.141. The van der Waals surface area contributed by atoms with Crippen LogP contribution in [0.1, 0.15) is 18.1 Å². The summed E-state index contributed by atoms with van der Waals surface area (Å²) in [6.07, 6.45) is 3.49. The van der Waals surface area contributed by atoms with Gasteiger partial charge in [0.25, 0.3) is 0 Å². The number of aliphatic carboxylic acids is 1. The molecule has 0 radical (unpaired) electrons. The number of halogens is 1. The molecule has 0 aliphatic heterocycles. The normalized spacial score (nSPS) is 11.9. The summed E-state index contributed by atoms with van der Waals surface area (Å²) in [6, 6.07) is 10.1. The average molecular weight is 355 g/mol. The zero-order valence-corrected chi connectivity index (χ0v) is 14.1. The van der Waals surface area contributed by atoms with Crippen LogP contribution in [0.15, 0.2) is 48.8 Å². The summed E-state index contributed by atoms with van der Waals surface area (Å²) in [6.45, 7) is 1.66. The molecule has 2 aromatic heterocycles. The van der Waals surface area contributed by atoms with Crippen LogP contribution < -0.4 is 4.74 Å². The van der Waals surface area contributed by atoms with Gasteiger partial charge in [-0.1, -0.05) is 19.1 Å². The monoisotopic (exact) mass is 355 g/mol. The molecular weight excluding hydrogens is 337 g/mol. The lowest BCUT2D eigenvalue weighted by atomic mass is 10.00. The summed E-state index contributed by atoms with van der Waals surface area (Å²) in [4.78, 5) is 15.2. The number of pyridine rings is 1. The number of hydrogen-bond acceptors (Lipinski definition) is 4. The summed E-state index contributed by atoms with van der Waals surface area (Å²) in [5.74, 6) is -1.35. The predicted molar refractivity (Wildman–Crippen MR) is 93.1 cm³/mol. The Morgan fingerprint density at radius 3 is 2.77 bits per heavy atom. The van der Waals surface area contributed by atoms with Gasteiger partial charge in [0.2, 0.25) is 0 Å². The third-order valence-corrected chi connectivity index (χ3v) is 3.99. The van der Waals surface area contributed by atoms with Crippen molar-refractivity contribution >= 4 is 5.97 Å². The largest absolute Gasteiger partial charge is 0.487 e. The van der Waals surface area contributed by atoms with E-state index < -0.39 is 17.7 Å². The molecule has 26 heavy (non-hydrogen) atoms. The molecule has 6 nitrogen and oxygen atoms in total. The molecule has 0 aliphatic rings. The second-order valence-electron chi connectivity index (χ2n) is 6.01. The predicted octanol–water partition coefficient (Wildman–Crippen LogP) is 3.45. The number of H-pyrrole nitrogens is 1. The molecule has 0 spiro atoms. The molecule has 3 rings (SSSR count). The van der Waals surface area contributed by atoms with Gasteiger partial charge < -0.3 is 9.84 Å². The second-order valence-corrected chi connectivity index (χ2v) is 6.01. The zero-order chi connectivity index (χ0) is 18.5. The van der Waals surface area contributed by atoms with Crippen molar-refractivity contribution in [2.24, 2.45) is 5.92 Å². The topological polar surface area (TPSA) is 88.1 Å². The summed E-state index contributed by atoms with van der Waals surface area (Å²) in [5.41, 5.74) is 2.58. The molecule has 0 saturated heterocycles. The molecule has 2 heterocycles. The highest BCUT2D eigenvalue weighted by Gasteiger charge is 2.13. The Bertz CT molecular complexity index is 880. The number of carboxylic acid groups (broad SMARTS) is 1. The molecule has 0 saturated carbocycles. The van der Waals surface area contributed by atoms with Crippen LogP contribution in [0.4, 0.5) is 4.39 Å². The molecule has 1 unspecified atom stereocenters. The fourth-order valence-corrected chi connectivity index (χ4v) is 2.46. The Balaban J connectivity index is 1.61. The van der Waals surface area contributed by atoms with Crippen molar-refractivity contribution in [2.75, 3.05) is 0 Å². The molecule has 134 valence electrons. The van der Waals surface area contributed by atoms with Gasteiger partial charge in [-0.05, 0) is 36.2 Å². The van der Waals surface area contributed by atoms with Gasteiger partial charge in [0.05, 0.1) is 23.5 Å². The van der Waals surface area contributed by atoms with Crippen molar-refractivity contribution in [2.45, 2.75) is 20.0 Å². The molecular formula is C19H18FN3O3. The van der Waals surface area contributed by atoms with Gasteiger partial charge in [0.15, 0.2) is 0 Å². The molecule has 3 aromatic rings. The zero-order valence-electron chi connectivity index (χ0n) is 14.1. The molecule has 1 atom stereocenters. The van der Waals surface area contributed by atoms with Gasteiger partial charge >= 0.3 is 5.97 Å². The van der Waals surface area contributed by atoms with Gasteiger partial charge in [-0.2, -0.15) is 5.10 Å². The van der Waals surface area contributed by atoms with E-state index in [4.69, 9.17) is 9.84 Å². The van der Waals surface area contributed by atoms with Crippen LogP contribution in [0.5, 0.6) is 5.75 Å². The highest BCUT2D eigenvalue weighted by molar-refractivity contribution is 5.69. The Morgan fingerprint density at radius 2 is 2.15 bits per heavy atom. The maximum absolute atomic E-state index is 14.2. The first-order valence-electron chi connectivity index (χ1n) is 8.11.